The molecule has 1 aliphatic carbocycles. The van der Waals surface area contributed by atoms with E-state index < -0.39 is 10.0 Å². The number of para-hydroxylation sites is 2. The molecule has 0 bridgehead atoms. The Kier molecular flexibility index (Phi) is 4.52. The van der Waals surface area contributed by atoms with Gasteiger partial charge in [0, 0.05) is 16.8 Å². The van der Waals surface area contributed by atoms with Crippen LogP contribution in [0.3, 0.4) is 0 Å². The second-order valence-electron chi connectivity index (χ2n) is 6.29. The summed E-state index contributed by atoms with van der Waals surface area (Å²) >= 11 is 0. The fourth-order valence-corrected chi connectivity index (χ4v) is 3.56. The third kappa shape index (κ3) is 3.57. The second kappa shape index (κ2) is 7.01. The van der Waals surface area contributed by atoms with Crippen LogP contribution in [0.4, 0.5) is 5.69 Å². The molecule has 28 heavy (non-hydrogen) atoms. The van der Waals surface area contributed by atoms with Gasteiger partial charge < -0.3 is 4.74 Å². The molecule has 0 fully saturated rings. The summed E-state index contributed by atoms with van der Waals surface area (Å²) in [6.07, 6.45) is 5.92. The van der Waals surface area contributed by atoms with Gasteiger partial charge in [0.2, 0.25) is 0 Å². The summed E-state index contributed by atoms with van der Waals surface area (Å²) in [5.41, 5.74) is 3.36. The van der Waals surface area contributed by atoms with Crippen LogP contribution < -0.4 is 0 Å². The fourth-order valence-electron chi connectivity index (χ4n) is 3.07. The molecule has 0 atom stereocenters. The molecule has 0 N–H and O–H groups in total. The monoisotopic (exact) mass is 391 g/mol. The van der Waals surface area contributed by atoms with Crippen molar-refractivity contribution in [2.24, 2.45) is 9.39 Å². The van der Waals surface area contributed by atoms with Gasteiger partial charge in [0.1, 0.15) is 11.5 Å². The van der Waals surface area contributed by atoms with Crippen LogP contribution in [-0.4, -0.2) is 38.2 Å². The number of pyridine rings is 1. The summed E-state index contributed by atoms with van der Waals surface area (Å²) in [5.74, 6) is 0.440. The summed E-state index contributed by atoms with van der Waals surface area (Å²) in [7, 11) is -1.99. The topological polar surface area (TPSA) is 81.0 Å². The van der Waals surface area contributed by atoms with Gasteiger partial charge in [-0.1, -0.05) is 36.4 Å². The van der Waals surface area contributed by atoms with Crippen LogP contribution in [0.15, 0.2) is 81.9 Å². The van der Waals surface area contributed by atoms with Crippen LogP contribution >= 0.6 is 0 Å². The maximum atomic E-state index is 11.4. The van der Waals surface area contributed by atoms with Crippen LogP contribution in [0, 0.1) is 0 Å². The molecule has 0 radical (unpaired) electrons. The zero-order chi connectivity index (χ0) is 19.7. The Hall–Kier alpha value is -3.32. The summed E-state index contributed by atoms with van der Waals surface area (Å²) in [6.45, 7) is 0. The lowest BCUT2D eigenvalue weighted by molar-refractivity contribution is 0.316. The van der Waals surface area contributed by atoms with Gasteiger partial charge in [-0.05, 0) is 24.3 Å². The Morgan fingerprint density at radius 1 is 0.929 bits per heavy atom. The zero-order valence-corrected chi connectivity index (χ0v) is 16.1. The molecule has 0 amide bonds. The van der Waals surface area contributed by atoms with E-state index in [0.717, 1.165) is 33.7 Å². The van der Waals surface area contributed by atoms with Crippen LogP contribution in [0.1, 0.15) is 0 Å². The van der Waals surface area contributed by atoms with E-state index in [2.05, 4.69) is 4.40 Å². The van der Waals surface area contributed by atoms with Gasteiger partial charge in [0.25, 0.3) is 10.0 Å². The average Bonchev–Trinajstić information content (AvgIpc) is 2.67. The number of sulfonamides is 1. The number of hydrogen-bond donors (Lipinski definition) is 0. The smallest absolute Gasteiger partial charge is 0.250 e. The molecule has 0 saturated heterocycles. The number of aliphatic imine (C=N–C) groups is 1. The van der Waals surface area contributed by atoms with Crippen LogP contribution in [0.5, 0.6) is 0 Å². The highest BCUT2D eigenvalue weighted by atomic mass is 32.2. The maximum Gasteiger partial charge on any atom is 0.250 e. The molecule has 2 aromatic carbocycles. The van der Waals surface area contributed by atoms with Crippen molar-refractivity contribution in [3.8, 4) is 0 Å². The summed E-state index contributed by atoms with van der Waals surface area (Å²) in [5, 5.41) is 1.85. The van der Waals surface area contributed by atoms with Gasteiger partial charge in [0.05, 0.1) is 35.8 Å². The third-order valence-corrected chi connectivity index (χ3v) is 4.77. The molecule has 3 aromatic rings. The standard InChI is InChI=1S/C21H17N3O3S/c1-27-20-13-14(24-28(2,25)26)11-12-19(20)23-21-15-7-3-5-9-17(15)22-18-10-6-4-8-16(18)21/h3-13H,1-2H3/b23-19?,24-14-. The van der Waals surface area contributed by atoms with Crippen molar-refractivity contribution in [2.75, 3.05) is 13.4 Å². The molecule has 1 aliphatic rings. The van der Waals surface area contributed by atoms with E-state index in [9.17, 15) is 8.42 Å². The van der Waals surface area contributed by atoms with E-state index in [4.69, 9.17) is 14.7 Å². The molecule has 1 aromatic heterocycles. The normalized spacial score (nSPS) is 17.4. The highest BCUT2D eigenvalue weighted by Gasteiger charge is 2.15. The van der Waals surface area contributed by atoms with E-state index in [1.54, 1.807) is 18.2 Å². The third-order valence-electron chi connectivity index (χ3n) is 4.23. The Labute approximate surface area is 162 Å². The number of hydrogen-bond acceptors (Lipinski definition) is 5. The zero-order valence-electron chi connectivity index (χ0n) is 15.3. The predicted molar refractivity (Wildman–Crippen MR) is 113 cm³/mol. The van der Waals surface area contributed by atoms with Crippen LogP contribution in [0.25, 0.3) is 21.8 Å². The lowest BCUT2D eigenvalue weighted by Gasteiger charge is -2.13. The molecule has 0 unspecified atom stereocenters. The number of nitrogens with zero attached hydrogens (tertiary/aromatic N) is 3. The van der Waals surface area contributed by atoms with Crippen molar-refractivity contribution in [3.05, 3.63) is 72.5 Å². The largest absolute Gasteiger partial charge is 0.494 e. The highest BCUT2D eigenvalue weighted by Crippen LogP contribution is 2.34. The minimum Gasteiger partial charge on any atom is -0.494 e. The van der Waals surface area contributed by atoms with Crippen LogP contribution in [0.2, 0.25) is 0 Å². The maximum absolute atomic E-state index is 11.4. The molecule has 0 saturated carbocycles. The molecule has 6 nitrogen and oxygen atoms in total. The molecular weight excluding hydrogens is 374 g/mol. The average molecular weight is 391 g/mol. The molecular formula is C21H17N3O3S. The fraction of sp³-hybridized carbons (Fsp3) is 0.0952. The number of ether oxygens (including phenoxy) is 1. The summed E-state index contributed by atoms with van der Waals surface area (Å²) in [6, 6.07) is 15.6. The van der Waals surface area contributed by atoms with Crippen molar-refractivity contribution in [1.82, 2.24) is 4.98 Å². The van der Waals surface area contributed by atoms with E-state index in [0.29, 0.717) is 17.2 Å². The first-order valence-electron chi connectivity index (χ1n) is 8.55. The summed E-state index contributed by atoms with van der Waals surface area (Å²) in [4.78, 5) is 9.55. The molecule has 4 rings (SSSR count). The van der Waals surface area contributed by atoms with Gasteiger partial charge in [-0.2, -0.15) is 4.40 Å². The quantitative estimate of drug-likeness (QED) is 0.500. The molecule has 0 spiro atoms. The molecule has 7 heteroatoms. The van der Waals surface area contributed by atoms with Gasteiger partial charge in [-0.3, -0.25) is 0 Å². The van der Waals surface area contributed by atoms with Crippen molar-refractivity contribution in [3.63, 3.8) is 0 Å². The lowest BCUT2D eigenvalue weighted by atomic mass is 10.1. The number of benzene rings is 2. The van der Waals surface area contributed by atoms with Gasteiger partial charge in [0.15, 0.2) is 0 Å². The number of rotatable bonds is 3. The first-order chi connectivity index (χ1) is 13.4. The van der Waals surface area contributed by atoms with Crippen molar-refractivity contribution < 1.29 is 13.2 Å². The summed E-state index contributed by atoms with van der Waals surface area (Å²) < 4.78 is 32.0. The SMILES string of the molecule is COC1=C/C(=N\S(C)(=O)=O)C=CC1=Nc1c2ccccc2nc2ccccc12. The van der Waals surface area contributed by atoms with Crippen LogP contribution in [-0.2, 0) is 14.8 Å². The van der Waals surface area contributed by atoms with Crippen molar-refractivity contribution >= 4 is 48.9 Å². The Balaban J connectivity index is 1.93. The van der Waals surface area contributed by atoms with Gasteiger partial charge in [-0.15, -0.1) is 0 Å². The minimum absolute atomic E-state index is 0.294. The van der Waals surface area contributed by atoms with E-state index in [1.165, 1.54) is 7.11 Å². The first-order valence-corrected chi connectivity index (χ1v) is 10.4. The van der Waals surface area contributed by atoms with Gasteiger partial charge >= 0.3 is 0 Å². The number of fused-ring (bicyclic) bond motifs is 2. The first kappa shape index (κ1) is 18.1. The molecule has 140 valence electrons. The Morgan fingerprint density at radius 3 is 2.11 bits per heavy atom. The minimum atomic E-state index is -3.50. The molecule has 1 heterocycles. The second-order valence-corrected chi connectivity index (χ2v) is 7.94. The van der Waals surface area contributed by atoms with Gasteiger partial charge in [-0.25, -0.2) is 18.4 Å². The van der Waals surface area contributed by atoms with E-state index in [-0.39, 0.29) is 0 Å². The lowest BCUT2D eigenvalue weighted by Crippen LogP contribution is -2.11. The molecule has 0 aliphatic heterocycles. The predicted octanol–water partition coefficient (Wildman–Crippen LogP) is 3.96. The number of methoxy groups -OCH3 is 1. The Morgan fingerprint density at radius 2 is 1.54 bits per heavy atom. The highest BCUT2D eigenvalue weighted by molar-refractivity contribution is 7.89. The number of allylic oxidation sites excluding steroid dienone is 3. The van der Waals surface area contributed by atoms with Crippen molar-refractivity contribution in [1.29, 1.82) is 0 Å². The van der Waals surface area contributed by atoms with E-state index >= 15 is 0 Å². The van der Waals surface area contributed by atoms with Crippen molar-refractivity contribution in [2.45, 2.75) is 0 Å². The number of aromatic nitrogens is 1. The van der Waals surface area contributed by atoms with E-state index in [1.807, 2.05) is 48.5 Å². The Bertz CT molecular complexity index is 1270.